The van der Waals surface area contributed by atoms with Crippen LogP contribution in [0.2, 0.25) is 0 Å². The molecular weight excluding hydrogens is 390 g/mol. The molecule has 0 aliphatic carbocycles. The zero-order valence-electron chi connectivity index (χ0n) is 10.6. The lowest BCUT2D eigenvalue weighted by molar-refractivity contribution is 0.185. The lowest BCUT2D eigenvalue weighted by Crippen LogP contribution is -2.04. The number of benzene rings is 1. The number of halogens is 2. The van der Waals surface area contributed by atoms with Crippen LogP contribution in [-0.2, 0) is 11.2 Å². The molecule has 106 valence electrons. The summed E-state index contributed by atoms with van der Waals surface area (Å²) in [6, 6.07) is 3.75. The van der Waals surface area contributed by atoms with Crippen molar-refractivity contribution in [3.63, 3.8) is 0 Å². The van der Waals surface area contributed by atoms with Gasteiger partial charge < -0.3 is 15.0 Å². The number of nitrogens with zero attached hydrogens (tertiary/aromatic N) is 2. The summed E-state index contributed by atoms with van der Waals surface area (Å²) in [7, 11) is 0. The Morgan fingerprint density at radius 2 is 2.20 bits per heavy atom. The van der Waals surface area contributed by atoms with Crippen molar-refractivity contribution in [3.8, 4) is 11.5 Å². The molecule has 1 aliphatic rings. The van der Waals surface area contributed by atoms with Gasteiger partial charge in [-0.1, -0.05) is 21.1 Å². The molecule has 0 saturated carbocycles. The van der Waals surface area contributed by atoms with E-state index in [4.69, 9.17) is 15.0 Å². The van der Waals surface area contributed by atoms with Crippen molar-refractivity contribution in [2.45, 2.75) is 12.8 Å². The summed E-state index contributed by atoms with van der Waals surface area (Å²) in [5.74, 6) is 1.62. The van der Waals surface area contributed by atoms with Crippen LogP contribution in [0.3, 0.4) is 0 Å². The molecule has 1 aromatic carbocycles. The Morgan fingerprint density at radius 1 is 1.35 bits per heavy atom. The Labute approximate surface area is 133 Å². The summed E-state index contributed by atoms with van der Waals surface area (Å²) in [5, 5.41) is 4.03. The van der Waals surface area contributed by atoms with Crippen LogP contribution in [0.1, 0.15) is 12.2 Å². The number of ether oxygens (including phenoxy) is 1. The van der Waals surface area contributed by atoms with Gasteiger partial charge in [0.2, 0.25) is 0 Å². The lowest BCUT2D eigenvalue weighted by Gasteiger charge is -2.04. The number of nitrogens with two attached hydrogens (primary N) is 1. The summed E-state index contributed by atoms with van der Waals surface area (Å²) in [6.45, 7) is 1.59. The van der Waals surface area contributed by atoms with E-state index in [1.54, 1.807) is 0 Å². The van der Waals surface area contributed by atoms with Crippen molar-refractivity contribution < 1.29 is 9.26 Å². The number of hydrogen-bond acceptors (Lipinski definition) is 5. The molecule has 2 aromatic rings. The number of hydrogen-bond donors (Lipinski definition) is 1. The largest absolute Gasteiger partial charge is 0.397 e. The minimum absolute atomic E-state index is 0.443. The van der Waals surface area contributed by atoms with E-state index < -0.39 is 0 Å². The molecule has 1 unspecified atom stereocenters. The predicted octanol–water partition coefficient (Wildman–Crippen LogP) is 3.42. The Kier molecular flexibility index (Phi) is 4.09. The molecule has 0 bridgehead atoms. The first-order chi connectivity index (χ1) is 9.63. The van der Waals surface area contributed by atoms with Crippen LogP contribution in [0.4, 0.5) is 5.69 Å². The molecule has 20 heavy (non-hydrogen) atoms. The van der Waals surface area contributed by atoms with Gasteiger partial charge in [-0.15, -0.1) is 0 Å². The van der Waals surface area contributed by atoms with Crippen LogP contribution < -0.4 is 5.73 Å². The Morgan fingerprint density at radius 3 is 2.95 bits per heavy atom. The third kappa shape index (κ3) is 2.89. The summed E-state index contributed by atoms with van der Waals surface area (Å²) in [4.78, 5) is 4.43. The Balaban J connectivity index is 1.86. The summed E-state index contributed by atoms with van der Waals surface area (Å²) >= 11 is 6.84. The maximum Gasteiger partial charge on any atom is 0.260 e. The van der Waals surface area contributed by atoms with Crippen LogP contribution in [0.15, 0.2) is 25.6 Å². The summed E-state index contributed by atoms with van der Waals surface area (Å²) in [5.41, 5.74) is 7.36. The van der Waals surface area contributed by atoms with Crippen molar-refractivity contribution in [1.29, 1.82) is 0 Å². The first kappa shape index (κ1) is 14.0. The van der Waals surface area contributed by atoms with E-state index in [1.165, 1.54) is 0 Å². The summed E-state index contributed by atoms with van der Waals surface area (Å²) in [6.07, 6.45) is 1.83. The van der Waals surface area contributed by atoms with Gasteiger partial charge in [0.05, 0.1) is 11.3 Å². The van der Waals surface area contributed by atoms with E-state index in [0.29, 0.717) is 23.3 Å². The summed E-state index contributed by atoms with van der Waals surface area (Å²) < 4.78 is 12.4. The molecule has 5 nitrogen and oxygen atoms in total. The highest BCUT2D eigenvalue weighted by molar-refractivity contribution is 9.11. The number of rotatable bonds is 3. The van der Waals surface area contributed by atoms with E-state index in [2.05, 4.69) is 42.0 Å². The van der Waals surface area contributed by atoms with Crippen LogP contribution in [0, 0.1) is 5.92 Å². The number of anilines is 1. The van der Waals surface area contributed by atoms with Crippen molar-refractivity contribution in [2.24, 2.45) is 5.92 Å². The fourth-order valence-electron chi connectivity index (χ4n) is 2.21. The second-order valence-corrected chi connectivity index (χ2v) is 6.57. The van der Waals surface area contributed by atoms with Crippen molar-refractivity contribution in [3.05, 3.63) is 26.9 Å². The first-order valence-corrected chi connectivity index (χ1v) is 7.87. The zero-order valence-corrected chi connectivity index (χ0v) is 13.8. The van der Waals surface area contributed by atoms with E-state index >= 15 is 0 Å². The fraction of sp³-hybridized carbons (Fsp3) is 0.385. The zero-order chi connectivity index (χ0) is 14.1. The third-order valence-electron chi connectivity index (χ3n) is 3.29. The van der Waals surface area contributed by atoms with Gasteiger partial charge in [0.15, 0.2) is 5.82 Å². The van der Waals surface area contributed by atoms with Crippen molar-refractivity contribution in [2.75, 3.05) is 18.9 Å². The Hall–Kier alpha value is -0.920. The molecule has 1 atom stereocenters. The Bertz CT molecular complexity index is 624. The number of aromatic nitrogens is 2. The highest BCUT2D eigenvalue weighted by atomic mass is 79.9. The quantitative estimate of drug-likeness (QED) is 0.796. The lowest BCUT2D eigenvalue weighted by atomic mass is 10.1. The van der Waals surface area contributed by atoms with Gasteiger partial charge in [0.1, 0.15) is 0 Å². The van der Waals surface area contributed by atoms with E-state index in [9.17, 15) is 0 Å². The molecule has 1 aromatic heterocycles. The van der Waals surface area contributed by atoms with Crippen LogP contribution in [0.5, 0.6) is 0 Å². The SMILES string of the molecule is Nc1c(Br)cc(Br)cc1-c1nc(CC2CCOC2)no1. The molecule has 3 rings (SSSR count). The van der Waals surface area contributed by atoms with Crippen LogP contribution >= 0.6 is 31.9 Å². The predicted molar refractivity (Wildman–Crippen MR) is 82.2 cm³/mol. The minimum Gasteiger partial charge on any atom is -0.397 e. The van der Waals surface area contributed by atoms with Gasteiger partial charge >= 0.3 is 0 Å². The normalized spacial score (nSPS) is 18.6. The second-order valence-electron chi connectivity index (χ2n) is 4.80. The average Bonchev–Trinajstić information content (AvgIpc) is 3.06. The van der Waals surface area contributed by atoms with Gasteiger partial charge in [-0.25, -0.2) is 0 Å². The fourth-order valence-corrected chi connectivity index (χ4v) is 3.44. The van der Waals surface area contributed by atoms with Gasteiger partial charge in [0.25, 0.3) is 5.89 Å². The molecule has 0 spiro atoms. The highest BCUT2D eigenvalue weighted by Gasteiger charge is 2.20. The molecular formula is C13H13Br2N3O2. The van der Waals surface area contributed by atoms with Gasteiger partial charge in [-0.2, -0.15) is 4.98 Å². The first-order valence-electron chi connectivity index (χ1n) is 6.28. The topological polar surface area (TPSA) is 74.2 Å². The molecule has 1 saturated heterocycles. The van der Waals surface area contributed by atoms with Gasteiger partial charge in [-0.05, 0) is 40.4 Å². The molecule has 1 fully saturated rings. The van der Waals surface area contributed by atoms with Crippen molar-refractivity contribution in [1.82, 2.24) is 10.1 Å². The highest BCUT2D eigenvalue weighted by Crippen LogP contribution is 2.34. The molecule has 2 heterocycles. The maximum absolute atomic E-state index is 6.04. The van der Waals surface area contributed by atoms with E-state index in [0.717, 1.165) is 40.6 Å². The minimum atomic E-state index is 0.443. The smallest absolute Gasteiger partial charge is 0.260 e. The standard InChI is InChI=1S/C13H13Br2N3O2/c14-8-4-9(12(16)10(15)5-8)13-17-11(18-20-13)3-7-1-2-19-6-7/h4-5,7H,1-3,6,16H2. The molecule has 7 heteroatoms. The van der Waals surface area contributed by atoms with Gasteiger partial charge in [0, 0.05) is 28.6 Å². The molecule has 0 amide bonds. The average molecular weight is 403 g/mol. The molecule has 1 aliphatic heterocycles. The second kappa shape index (κ2) is 5.83. The van der Waals surface area contributed by atoms with E-state index in [-0.39, 0.29) is 0 Å². The van der Waals surface area contributed by atoms with Gasteiger partial charge in [-0.3, -0.25) is 0 Å². The van der Waals surface area contributed by atoms with Crippen LogP contribution in [0.25, 0.3) is 11.5 Å². The number of nitrogen functional groups attached to an aromatic ring is 1. The third-order valence-corrected chi connectivity index (χ3v) is 4.40. The molecule has 2 N–H and O–H groups in total. The van der Waals surface area contributed by atoms with Crippen LogP contribution in [-0.4, -0.2) is 23.4 Å². The maximum atomic E-state index is 6.04. The monoisotopic (exact) mass is 401 g/mol. The van der Waals surface area contributed by atoms with Crippen molar-refractivity contribution >= 4 is 37.5 Å². The van der Waals surface area contributed by atoms with E-state index in [1.807, 2.05) is 12.1 Å². The molecule has 0 radical (unpaired) electrons.